The summed E-state index contributed by atoms with van der Waals surface area (Å²) in [5.41, 5.74) is 0.681. The Morgan fingerprint density at radius 2 is 0.750 bits per heavy atom. The summed E-state index contributed by atoms with van der Waals surface area (Å²) in [4.78, 5) is 55.3. The van der Waals surface area contributed by atoms with Crippen molar-refractivity contribution in [3.63, 3.8) is 0 Å². The van der Waals surface area contributed by atoms with E-state index in [0.717, 1.165) is 0 Å². The van der Waals surface area contributed by atoms with Crippen LogP contribution in [0, 0.1) is 0 Å². The highest BCUT2D eigenvalue weighted by atomic mass is 17.2. The van der Waals surface area contributed by atoms with Gasteiger partial charge in [0.2, 0.25) is 0 Å². The third-order valence-electron chi connectivity index (χ3n) is 4.50. The van der Waals surface area contributed by atoms with Crippen molar-refractivity contribution in [2.75, 3.05) is 0 Å². The van der Waals surface area contributed by atoms with E-state index in [1.54, 1.807) is 60.7 Å². The van der Waals surface area contributed by atoms with Crippen LogP contribution in [0.25, 0.3) is 0 Å². The smallest absolute Gasteiger partial charge is 0.395 e. The lowest BCUT2D eigenvalue weighted by Crippen LogP contribution is -2.13. The van der Waals surface area contributed by atoms with E-state index >= 15 is 0 Å². The molecule has 0 saturated heterocycles. The third kappa shape index (κ3) is 6.84. The van der Waals surface area contributed by atoms with Gasteiger partial charge in [-0.2, -0.15) is 0 Å². The predicted molar refractivity (Wildman–Crippen MR) is 125 cm³/mol. The zero-order valence-electron chi connectivity index (χ0n) is 18.6. The van der Waals surface area contributed by atoms with Crippen LogP contribution < -0.4 is 19.2 Å². The average Bonchev–Trinajstić information content (AvgIpc) is 2.93. The molecular weight excluding hydrogens is 468 g/mol. The zero-order valence-corrected chi connectivity index (χ0v) is 18.6. The Morgan fingerprint density at radius 3 is 1.11 bits per heavy atom. The van der Waals surface area contributed by atoms with Gasteiger partial charge < -0.3 is 9.47 Å². The van der Waals surface area contributed by atoms with E-state index in [-0.39, 0.29) is 23.0 Å². The maximum Gasteiger partial charge on any atom is 0.519 e. The van der Waals surface area contributed by atoms with Gasteiger partial charge in [0.25, 0.3) is 0 Å². The molecule has 0 unspecified atom stereocenters. The maximum atomic E-state index is 12.0. The Labute approximate surface area is 205 Å². The fourth-order valence-electron chi connectivity index (χ4n) is 2.76. The van der Waals surface area contributed by atoms with E-state index in [0.29, 0.717) is 11.1 Å². The molecule has 9 nitrogen and oxygen atoms in total. The summed E-state index contributed by atoms with van der Waals surface area (Å²) in [5.74, 6) is -0.494. The van der Waals surface area contributed by atoms with Crippen LogP contribution in [0.1, 0.15) is 20.7 Å². The van der Waals surface area contributed by atoms with E-state index in [4.69, 9.17) is 29.0 Å². The lowest BCUT2D eigenvalue weighted by Gasteiger charge is -2.08. The van der Waals surface area contributed by atoms with Crippen LogP contribution in [0.4, 0.5) is 4.79 Å². The van der Waals surface area contributed by atoms with Crippen LogP contribution in [0.3, 0.4) is 0 Å². The van der Waals surface area contributed by atoms with E-state index in [2.05, 4.69) is 0 Å². The molecule has 0 amide bonds. The van der Waals surface area contributed by atoms with Crippen molar-refractivity contribution in [3.8, 4) is 23.0 Å². The standard InChI is InChI=1S/C27H18O9/c28-25(19-7-3-1-4-8-19)35-33-23-15-11-21(12-16-23)31-27(30)32-22-13-17-24(18-14-22)34-36-26(29)20-9-5-2-6-10-20/h1-18H. The summed E-state index contributed by atoms with van der Waals surface area (Å²) in [7, 11) is 0. The quantitative estimate of drug-likeness (QED) is 0.137. The van der Waals surface area contributed by atoms with E-state index in [9.17, 15) is 14.4 Å². The Hall–Kier alpha value is -5.31. The molecule has 0 aliphatic carbocycles. The van der Waals surface area contributed by atoms with Crippen LogP contribution in [0.15, 0.2) is 109 Å². The van der Waals surface area contributed by atoms with Gasteiger partial charge in [-0.3, -0.25) is 9.78 Å². The molecule has 0 spiro atoms. The molecule has 0 N–H and O–H groups in total. The highest BCUT2D eigenvalue weighted by molar-refractivity contribution is 5.89. The van der Waals surface area contributed by atoms with Gasteiger partial charge >= 0.3 is 18.1 Å². The van der Waals surface area contributed by atoms with Crippen molar-refractivity contribution in [3.05, 3.63) is 120 Å². The third-order valence-corrected chi connectivity index (χ3v) is 4.50. The van der Waals surface area contributed by atoms with E-state index in [1.165, 1.54) is 48.5 Å². The molecule has 4 aromatic carbocycles. The molecule has 0 bridgehead atoms. The first-order valence-electron chi connectivity index (χ1n) is 10.5. The van der Waals surface area contributed by atoms with Crippen molar-refractivity contribution in [1.82, 2.24) is 0 Å². The molecule has 0 heterocycles. The number of rotatable bonds is 8. The van der Waals surface area contributed by atoms with Crippen molar-refractivity contribution in [1.29, 1.82) is 0 Å². The summed E-state index contributed by atoms with van der Waals surface area (Å²) < 4.78 is 10.2. The minimum absolute atomic E-state index is 0.175. The molecule has 4 aromatic rings. The van der Waals surface area contributed by atoms with Gasteiger partial charge in [0.05, 0.1) is 11.1 Å². The fourth-order valence-corrected chi connectivity index (χ4v) is 2.76. The number of ether oxygens (including phenoxy) is 2. The van der Waals surface area contributed by atoms with Gasteiger partial charge in [-0.05, 0) is 72.8 Å². The molecule has 180 valence electrons. The van der Waals surface area contributed by atoms with Crippen LogP contribution in [0.5, 0.6) is 23.0 Å². The number of hydrogen-bond acceptors (Lipinski definition) is 9. The molecule has 0 atom stereocenters. The van der Waals surface area contributed by atoms with Crippen LogP contribution in [-0.2, 0) is 9.78 Å². The Morgan fingerprint density at radius 1 is 0.417 bits per heavy atom. The first kappa shape index (κ1) is 23.8. The minimum Gasteiger partial charge on any atom is -0.395 e. The summed E-state index contributed by atoms with van der Waals surface area (Å²) in [5, 5.41) is 0. The largest absolute Gasteiger partial charge is 0.519 e. The molecule has 0 radical (unpaired) electrons. The van der Waals surface area contributed by atoms with Crippen LogP contribution >= 0.6 is 0 Å². The summed E-state index contributed by atoms with van der Waals surface area (Å²) >= 11 is 0. The van der Waals surface area contributed by atoms with Gasteiger partial charge in [-0.1, -0.05) is 36.4 Å². The van der Waals surface area contributed by atoms with Gasteiger partial charge in [0.1, 0.15) is 11.5 Å². The zero-order chi connectivity index (χ0) is 25.2. The summed E-state index contributed by atoms with van der Waals surface area (Å²) in [6.45, 7) is 0. The Kier molecular flexibility index (Phi) is 7.75. The molecule has 0 saturated carbocycles. The van der Waals surface area contributed by atoms with Crippen molar-refractivity contribution < 1.29 is 43.4 Å². The molecule has 36 heavy (non-hydrogen) atoms. The van der Waals surface area contributed by atoms with Crippen molar-refractivity contribution >= 4 is 18.1 Å². The van der Waals surface area contributed by atoms with Crippen LogP contribution in [0.2, 0.25) is 0 Å². The maximum absolute atomic E-state index is 12.0. The highest BCUT2D eigenvalue weighted by Crippen LogP contribution is 2.21. The Balaban J connectivity index is 1.21. The molecule has 0 fully saturated rings. The SMILES string of the molecule is O=C(Oc1ccc(OOC(=O)c2ccccc2)cc1)Oc1ccc(OOC(=O)c2ccccc2)cc1. The molecule has 0 aromatic heterocycles. The molecule has 0 aliphatic heterocycles. The number of benzene rings is 4. The van der Waals surface area contributed by atoms with Gasteiger partial charge in [-0.15, -0.1) is 0 Å². The lowest BCUT2D eigenvalue weighted by molar-refractivity contribution is -0.149. The van der Waals surface area contributed by atoms with Gasteiger partial charge in [0, 0.05) is 0 Å². The monoisotopic (exact) mass is 486 g/mol. The topological polar surface area (TPSA) is 107 Å². The molecule has 0 aliphatic rings. The average molecular weight is 486 g/mol. The highest BCUT2D eigenvalue weighted by Gasteiger charge is 2.12. The molecule has 4 rings (SSSR count). The second kappa shape index (κ2) is 11.7. The first-order valence-corrected chi connectivity index (χ1v) is 10.5. The lowest BCUT2D eigenvalue weighted by atomic mass is 10.2. The number of hydrogen-bond donors (Lipinski definition) is 0. The predicted octanol–water partition coefficient (Wildman–Crippen LogP) is 5.57. The molecule has 9 heteroatoms. The minimum atomic E-state index is -0.983. The Bertz CT molecular complexity index is 1200. The van der Waals surface area contributed by atoms with E-state index in [1.807, 2.05) is 0 Å². The number of carbonyl (C=O) groups is 3. The van der Waals surface area contributed by atoms with Gasteiger partial charge in [0.15, 0.2) is 11.5 Å². The van der Waals surface area contributed by atoms with Crippen molar-refractivity contribution in [2.24, 2.45) is 0 Å². The second-order valence-electron chi connectivity index (χ2n) is 7.04. The fraction of sp³-hybridized carbons (Fsp3) is 0. The number of carbonyl (C=O) groups excluding carboxylic acids is 3. The normalized spacial score (nSPS) is 10.0. The van der Waals surface area contributed by atoms with Crippen molar-refractivity contribution in [2.45, 2.75) is 0 Å². The second-order valence-corrected chi connectivity index (χ2v) is 7.04. The van der Waals surface area contributed by atoms with Gasteiger partial charge in [-0.25, -0.2) is 24.2 Å². The van der Waals surface area contributed by atoms with E-state index < -0.39 is 18.1 Å². The summed E-state index contributed by atoms with van der Waals surface area (Å²) in [6, 6.07) is 28.3. The van der Waals surface area contributed by atoms with Crippen LogP contribution in [-0.4, -0.2) is 18.1 Å². The first-order chi connectivity index (χ1) is 17.6. The molecular formula is C27H18O9. The summed E-state index contributed by atoms with van der Waals surface area (Å²) in [6.07, 6.45) is -0.983.